The van der Waals surface area contributed by atoms with Crippen molar-refractivity contribution in [1.29, 1.82) is 10.5 Å². The average Bonchev–Trinajstić information content (AvgIpc) is 3.14. The fourth-order valence-corrected chi connectivity index (χ4v) is 4.17. The lowest BCUT2D eigenvalue weighted by molar-refractivity contribution is -0.255. The molecule has 24 heavy (non-hydrogen) atoms. The molecule has 2 N–H and O–H groups in total. The van der Waals surface area contributed by atoms with Crippen LogP contribution >= 0.6 is 11.6 Å². The van der Waals surface area contributed by atoms with Gasteiger partial charge in [-0.05, 0) is 25.5 Å². The Balaban J connectivity index is 2.25. The van der Waals surface area contributed by atoms with E-state index in [0.29, 0.717) is 10.6 Å². The van der Waals surface area contributed by atoms with Crippen LogP contribution in [0.25, 0.3) is 0 Å². The van der Waals surface area contributed by atoms with Gasteiger partial charge in [0.15, 0.2) is 5.41 Å². The molecular formula is C17H17ClN4O2. The topological polar surface area (TPSA) is 104 Å². The van der Waals surface area contributed by atoms with E-state index in [1.807, 2.05) is 6.07 Å². The molecule has 0 bridgehead atoms. The Labute approximate surface area is 145 Å². The molecule has 124 valence electrons. The zero-order valence-electron chi connectivity index (χ0n) is 13.4. The molecule has 1 aromatic carbocycles. The first-order chi connectivity index (χ1) is 11.5. The second kappa shape index (κ2) is 5.46. The minimum absolute atomic E-state index is 0.0540. The van der Waals surface area contributed by atoms with E-state index < -0.39 is 22.7 Å². The van der Waals surface area contributed by atoms with Gasteiger partial charge in [0.25, 0.3) is 5.91 Å². The van der Waals surface area contributed by atoms with E-state index in [0.717, 1.165) is 0 Å². The summed E-state index contributed by atoms with van der Waals surface area (Å²) in [5.74, 6) is -2.11. The average molecular weight is 345 g/mol. The minimum Gasteiger partial charge on any atom is -0.386 e. The molecule has 0 saturated heterocycles. The highest BCUT2D eigenvalue weighted by Gasteiger charge is 2.93. The van der Waals surface area contributed by atoms with Gasteiger partial charge < -0.3 is 15.2 Å². The first kappa shape index (κ1) is 16.7. The number of rotatable bonds is 5. The standard InChI is InChI=1S/C17H17ClN4O2/c1-3-23-17(24-4-2)16(10-20)13(11-7-5-6-8-12(11)18)15(16,9-19)14(21)22-17/h5-8,13H,3-4H2,1-2H3,(H2,21,22)/t13-,15+,16-/m1/s1. The lowest BCUT2D eigenvalue weighted by Gasteiger charge is -2.31. The van der Waals surface area contributed by atoms with Gasteiger partial charge in [0, 0.05) is 24.2 Å². The van der Waals surface area contributed by atoms with Crippen molar-refractivity contribution in [3.8, 4) is 12.1 Å². The number of ether oxygens (including phenoxy) is 2. The predicted octanol–water partition coefficient (Wildman–Crippen LogP) is 2.55. The maximum Gasteiger partial charge on any atom is 0.293 e. The van der Waals surface area contributed by atoms with Crippen LogP contribution in [0.15, 0.2) is 29.3 Å². The first-order valence-electron chi connectivity index (χ1n) is 7.72. The quantitative estimate of drug-likeness (QED) is 0.826. The highest BCUT2D eigenvalue weighted by molar-refractivity contribution is 6.31. The van der Waals surface area contributed by atoms with Crippen molar-refractivity contribution in [2.24, 2.45) is 21.6 Å². The van der Waals surface area contributed by atoms with Gasteiger partial charge in [-0.15, -0.1) is 0 Å². The Morgan fingerprint density at radius 2 is 1.83 bits per heavy atom. The summed E-state index contributed by atoms with van der Waals surface area (Å²) >= 11 is 6.32. The fraction of sp³-hybridized carbons (Fsp3) is 0.471. The molecule has 0 unspecified atom stereocenters. The summed E-state index contributed by atoms with van der Waals surface area (Å²) in [6.07, 6.45) is 0. The van der Waals surface area contributed by atoms with Crippen LogP contribution in [0.3, 0.4) is 0 Å². The summed E-state index contributed by atoms with van der Waals surface area (Å²) in [5, 5.41) is 20.4. The smallest absolute Gasteiger partial charge is 0.293 e. The van der Waals surface area contributed by atoms with E-state index in [1.54, 1.807) is 32.0 Å². The highest BCUT2D eigenvalue weighted by atomic mass is 35.5. The van der Waals surface area contributed by atoms with Crippen LogP contribution in [0.5, 0.6) is 0 Å². The molecule has 2 aliphatic rings. The Bertz CT molecular complexity index is 791. The van der Waals surface area contributed by atoms with Crippen molar-refractivity contribution in [3.05, 3.63) is 34.9 Å². The van der Waals surface area contributed by atoms with Crippen LogP contribution < -0.4 is 5.73 Å². The highest BCUT2D eigenvalue weighted by Crippen LogP contribution is 2.82. The number of hydrogen-bond acceptors (Lipinski definition) is 6. The molecule has 1 fully saturated rings. The summed E-state index contributed by atoms with van der Waals surface area (Å²) in [5.41, 5.74) is 4.11. The molecule has 1 saturated carbocycles. The fourth-order valence-electron chi connectivity index (χ4n) is 3.93. The molecule has 0 radical (unpaired) electrons. The lowest BCUT2D eigenvalue weighted by atomic mass is 9.93. The second-order valence-electron chi connectivity index (χ2n) is 5.74. The van der Waals surface area contributed by atoms with Gasteiger partial charge in [0.1, 0.15) is 11.3 Å². The van der Waals surface area contributed by atoms with Crippen molar-refractivity contribution in [1.82, 2.24) is 0 Å². The second-order valence-corrected chi connectivity index (χ2v) is 6.15. The predicted molar refractivity (Wildman–Crippen MR) is 87.9 cm³/mol. The van der Waals surface area contributed by atoms with Crippen molar-refractivity contribution in [2.45, 2.75) is 25.7 Å². The van der Waals surface area contributed by atoms with Gasteiger partial charge >= 0.3 is 0 Å². The van der Waals surface area contributed by atoms with Crippen LogP contribution in [-0.4, -0.2) is 25.0 Å². The summed E-state index contributed by atoms with van der Waals surface area (Å²) in [7, 11) is 0. The van der Waals surface area contributed by atoms with Crippen molar-refractivity contribution in [2.75, 3.05) is 13.2 Å². The maximum absolute atomic E-state index is 10.1. The van der Waals surface area contributed by atoms with Crippen molar-refractivity contribution >= 4 is 17.4 Å². The minimum atomic E-state index is -1.60. The molecule has 0 amide bonds. The number of halogens is 1. The SMILES string of the molecule is CCOC1(OCC)N=C(N)[C@]2(C#N)[C@@H](c3ccccc3Cl)[C@@]12C#N. The van der Waals surface area contributed by atoms with Gasteiger partial charge in [0.05, 0.1) is 12.1 Å². The molecule has 1 aliphatic carbocycles. The molecule has 3 rings (SSSR count). The van der Waals surface area contributed by atoms with Crippen molar-refractivity contribution in [3.63, 3.8) is 0 Å². The maximum atomic E-state index is 10.1. The van der Waals surface area contributed by atoms with Crippen LogP contribution in [-0.2, 0) is 9.47 Å². The van der Waals surface area contributed by atoms with Gasteiger partial charge in [-0.1, -0.05) is 29.8 Å². The molecule has 6 nitrogen and oxygen atoms in total. The molecule has 3 atom stereocenters. The Morgan fingerprint density at radius 3 is 2.33 bits per heavy atom. The number of fused-ring (bicyclic) bond motifs is 1. The van der Waals surface area contributed by atoms with Crippen molar-refractivity contribution < 1.29 is 9.47 Å². The number of nitrogens with zero attached hydrogens (tertiary/aromatic N) is 3. The Hall–Kier alpha value is -2.12. The molecule has 7 heteroatoms. The molecule has 1 aromatic rings. The third kappa shape index (κ3) is 1.63. The van der Waals surface area contributed by atoms with E-state index in [-0.39, 0.29) is 19.0 Å². The number of hydrogen-bond donors (Lipinski definition) is 1. The van der Waals surface area contributed by atoms with Gasteiger partial charge in [-0.25, -0.2) is 4.99 Å². The summed E-state index contributed by atoms with van der Waals surface area (Å²) in [4.78, 5) is 4.28. The number of amidine groups is 1. The summed E-state index contributed by atoms with van der Waals surface area (Å²) < 4.78 is 11.5. The number of benzene rings is 1. The van der Waals surface area contributed by atoms with Crippen LogP contribution in [0.1, 0.15) is 25.3 Å². The normalized spacial score (nSPS) is 32.4. The monoisotopic (exact) mass is 344 g/mol. The van der Waals surface area contributed by atoms with Gasteiger partial charge in [0.2, 0.25) is 0 Å². The van der Waals surface area contributed by atoms with E-state index >= 15 is 0 Å². The summed E-state index contributed by atoms with van der Waals surface area (Å²) in [6.45, 7) is 4.07. The van der Waals surface area contributed by atoms with E-state index in [1.165, 1.54) is 0 Å². The third-order valence-electron chi connectivity index (χ3n) is 4.82. The van der Waals surface area contributed by atoms with E-state index in [2.05, 4.69) is 17.1 Å². The zero-order valence-corrected chi connectivity index (χ0v) is 14.2. The Morgan fingerprint density at radius 1 is 1.21 bits per heavy atom. The first-order valence-corrected chi connectivity index (χ1v) is 8.09. The van der Waals surface area contributed by atoms with E-state index in [4.69, 9.17) is 26.8 Å². The van der Waals surface area contributed by atoms with Crippen LogP contribution in [0, 0.1) is 33.5 Å². The molecule has 1 heterocycles. The zero-order chi connectivity index (χ0) is 17.6. The van der Waals surface area contributed by atoms with Crippen LogP contribution in [0.4, 0.5) is 0 Å². The molecule has 0 aromatic heterocycles. The summed E-state index contributed by atoms with van der Waals surface area (Å²) in [6, 6.07) is 11.6. The third-order valence-corrected chi connectivity index (χ3v) is 5.17. The van der Waals surface area contributed by atoms with Gasteiger partial charge in [-0.3, -0.25) is 0 Å². The number of nitriles is 2. The largest absolute Gasteiger partial charge is 0.386 e. The van der Waals surface area contributed by atoms with Crippen LogP contribution in [0.2, 0.25) is 5.02 Å². The number of nitrogens with two attached hydrogens (primary N) is 1. The Kier molecular flexibility index (Phi) is 3.80. The number of aliphatic imine (C=N–C) groups is 1. The van der Waals surface area contributed by atoms with E-state index in [9.17, 15) is 10.5 Å². The molecule has 1 aliphatic heterocycles. The molecule has 0 spiro atoms. The lowest BCUT2D eigenvalue weighted by Crippen LogP contribution is -2.43. The van der Waals surface area contributed by atoms with Gasteiger partial charge in [-0.2, -0.15) is 10.5 Å². The molecular weight excluding hydrogens is 328 g/mol.